The minimum atomic E-state index is -0.176. The van der Waals surface area contributed by atoms with Gasteiger partial charge in [-0.1, -0.05) is 48.3 Å². The van der Waals surface area contributed by atoms with Crippen molar-refractivity contribution in [2.24, 2.45) is 0 Å². The molecule has 2 rings (SSSR count). The van der Waals surface area contributed by atoms with Crippen LogP contribution in [0.3, 0.4) is 0 Å². The van der Waals surface area contributed by atoms with Crippen LogP contribution in [-0.4, -0.2) is 30.2 Å². The first kappa shape index (κ1) is 30.9. The Morgan fingerprint density at radius 3 is 2.08 bits per heavy atom. The van der Waals surface area contributed by atoms with Crippen LogP contribution in [0.5, 0.6) is 0 Å². The van der Waals surface area contributed by atoms with Gasteiger partial charge in [0, 0.05) is 38.8 Å². The van der Waals surface area contributed by atoms with Crippen molar-refractivity contribution in [2.45, 2.75) is 61.9 Å². The number of hydrogen-bond acceptors (Lipinski definition) is 3. The van der Waals surface area contributed by atoms with E-state index >= 15 is 0 Å². The summed E-state index contributed by atoms with van der Waals surface area (Å²) in [5, 5.41) is 8.59. The van der Waals surface area contributed by atoms with Gasteiger partial charge in [-0.3, -0.25) is 0 Å². The molecule has 0 spiro atoms. The van der Waals surface area contributed by atoms with E-state index in [9.17, 15) is 4.79 Å². The normalized spacial score (nSPS) is 11.5. The first-order valence-corrected chi connectivity index (χ1v) is 6.89. The predicted octanol–water partition coefficient (Wildman–Crippen LogP) is 5.43. The minimum Gasteiger partial charge on any atom is -0.448 e. The third-order valence-corrected chi connectivity index (χ3v) is 3.10. The molecule has 1 aliphatic rings. The molecule has 0 bridgehead atoms. The monoisotopic (exact) mass is 411 g/mol. The maximum absolute atomic E-state index is 10.7. The molecule has 0 unspecified atom stereocenters. The third-order valence-electron chi connectivity index (χ3n) is 3.10. The largest absolute Gasteiger partial charge is 0.448 e. The molecule has 1 aliphatic heterocycles. The van der Waals surface area contributed by atoms with Gasteiger partial charge < -0.3 is 9.64 Å². The van der Waals surface area contributed by atoms with E-state index < -0.39 is 0 Å². The van der Waals surface area contributed by atoms with Crippen molar-refractivity contribution < 1.29 is 42.2 Å². The van der Waals surface area contributed by atoms with Gasteiger partial charge in [0.1, 0.15) is 6.61 Å². The van der Waals surface area contributed by atoms with Crippen LogP contribution in [0.1, 0.15) is 67.0 Å². The molecular weight excluding hydrogens is 377 g/mol. The first-order chi connectivity index (χ1) is 9.45. The Kier molecular flexibility index (Phi) is 20.1. The summed E-state index contributed by atoms with van der Waals surface area (Å²) >= 11 is 0. The smallest absolute Gasteiger partial charge is 0.410 e. The number of amides is 1. The van der Waals surface area contributed by atoms with Crippen LogP contribution in [0, 0.1) is 11.3 Å². The minimum absolute atomic E-state index is 0. The number of cyclic esters (lactones) is 1. The van der Waals surface area contributed by atoms with Gasteiger partial charge >= 0.3 is 6.09 Å². The van der Waals surface area contributed by atoms with Crippen LogP contribution in [-0.2, 0) is 37.4 Å². The van der Waals surface area contributed by atoms with Gasteiger partial charge in [0.2, 0.25) is 0 Å². The molecule has 0 N–H and O–H groups in total. The second kappa shape index (κ2) is 15.6. The van der Waals surface area contributed by atoms with Gasteiger partial charge in [-0.05, 0) is 37.5 Å². The van der Waals surface area contributed by atoms with Crippen molar-refractivity contribution in [1.82, 2.24) is 4.90 Å². The molecule has 0 aliphatic carbocycles. The number of nitriles is 1. The zero-order valence-corrected chi connectivity index (χ0v) is 16.0. The molecule has 5 heteroatoms. The number of rotatable bonds is 2. The SMILES string of the molecule is C.C.C.CC(C)N1CCOC1=O.CC(C)c1cccc(C#N)c1.[Y]. The fourth-order valence-electron chi connectivity index (χ4n) is 1.84. The van der Waals surface area contributed by atoms with E-state index in [0.29, 0.717) is 12.5 Å². The molecule has 1 radical (unpaired) electrons. The van der Waals surface area contributed by atoms with Crippen molar-refractivity contribution in [3.63, 3.8) is 0 Å². The van der Waals surface area contributed by atoms with Crippen molar-refractivity contribution in [3.05, 3.63) is 35.4 Å². The van der Waals surface area contributed by atoms with E-state index in [1.165, 1.54) is 5.56 Å². The average Bonchev–Trinajstić information content (AvgIpc) is 2.86. The van der Waals surface area contributed by atoms with Gasteiger partial charge in [0.25, 0.3) is 0 Å². The quantitative estimate of drug-likeness (QED) is 0.652. The molecule has 1 heterocycles. The summed E-state index contributed by atoms with van der Waals surface area (Å²) in [6, 6.07) is 10.1. The second-order valence-corrected chi connectivity index (χ2v) is 5.29. The second-order valence-electron chi connectivity index (χ2n) is 5.29. The number of nitrogens with zero attached hydrogens (tertiary/aromatic N) is 2. The van der Waals surface area contributed by atoms with E-state index in [4.69, 9.17) is 10.00 Å². The van der Waals surface area contributed by atoms with E-state index in [1.54, 1.807) is 4.90 Å². The molecule has 1 aromatic rings. The number of carbonyl (C=O) groups excluding carboxylic acids is 1. The molecule has 1 fully saturated rings. The summed E-state index contributed by atoms with van der Waals surface area (Å²) < 4.78 is 4.71. The van der Waals surface area contributed by atoms with E-state index in [2.05, 4.69) is 19.9 Å². The fraction of sp³-hybridized carbons (Fsp3) is 0.579. The van der Waals surface area contributed by atoms with Crippen LogP contribution < -0.4 is 0 Å². The summed E-state index contributed by atoms with van der Waals surface area (Å²) in [6.07, 6.45) is -0.176. The van der Waals surface area contributed by atoms with Gasteiger partial charge in [-0.15, -0.1) is 0 Å². The molecule has 4 nitrogen and oxygen atoms in total. The Morgan fingerprint density at radius 1 is 1.17 bits per heavy atom. The molecule has 135 valence electrons. The molecule has 1 saturated heterocycles. The van der Waals surface area contributed by atoms with Gasteiger partial charge in [0.05, 0.1) is 18.2 Å². The average molecular weight is 411 g/mol. The van der Waals surface area contributed by atoms with Crippen molar-refractivity contribution >= 4 is 6.09 Å². The van der Waals surface area contributed by atoms with E-state index in [0.717, 1.165) is 12.1 Å². The Hall–Kier alpha value is -0.916. The fourth-order valence-corrected chi connectivity index (χ4v) is 1.84. The van der Waals surface area contributed by atoms with Gasteiger partial charge in [0.15, 0.2) is 0 Å². The Labute approximate surface area is 174 Å². The summed E-state index contributed by atoms with van der Waals surface area (Å²) in [4.78, 5) is 12.4. The van der Waals surface area contributed by atoms with Crippen LogP contribution in [0.15, 0.2) is 24.3 Å². The molecule has 0 atom stereocenters. The predicted molar refractivity (Wildman–Crippen MR) is 98.6 cm³/mol. The molecule has 0 saturated carbocycles. The standard InChI is InChI=1S/C10H11N.C6H11NO2.3CH4.Y/c1-8(2)10-5-3-4-9(6-10)7-11;1-5(2)7-3-4-9-6(7)8;;;;/h3-6,8H,1-2H3;5H,3-4H2,1-2H3;3*1H4;. The molecule has 1 aromatic carbocycles. The van der Waals surface area contributed by atoms with E-state index in [1.807, 2.05) is 38.1 Å². The third kappa shape index (κ3) is 10.1. The van der Waals surface area contributed by atoms with Crippen LogP contribution in [0.25, 0.3) is 0 Å². The van der Waals surface area contributed by atoms with Crippen LogP contribution in [0.2, 0.25) is 0 Å². The van der Waals surface area contributed by atoms with Crippen LogP contribution in [0.4, 0.5) is 4.79 Å². The topological polar surface area (TPSA) is 53.3 Å². The van der Waals surface area contributed by atoms with Crippen molar-refractivity contribution in [2.75, 3.05) is 13.2 Å². The summed E-state index contributed by atoms with van der Waals surface area (Å²) in [5.41, 5.74) is 1.97. The van der Waals surface area contributed by atoms with E-state index in [-0.39, 0.29) is 67.1 Å². The molecule has 24 heavy (non-hydrogen) atoms. The number of benzene rings is 1. The van der Waals surface area contributed by atoms with Gasteiger partial charge in [-0.25, -0.2) is 4.79 Å². The maximum atomic E-state index is 10.7. The Morgan fingerprint density at radius 2 is 1.75 bits per heavy atom. The molecular formula is C19H34N2O2Y. The number of hydrogen-bond donors (Lipinski definition) is 0. The zero-order chi connectivity index (χ0) is 15.1. The molecule has 0 aromatic heterocycles. The number of carbonyl (C=O) groups is 1. The van der Waals surface area contributed by atoms with Crippen LogP contribution >= 0.6 is 0 Å². The maximum Gasteiger partial charge on any atom is 0.410 e. The zero-order valence-electron chi connectivity index (χ0n) is 13.2. The van der Waals surface area contributed by atoms with Crippen molar-refractivity contribution in [1.29, 1.82) is 5.26 Å². The Bertz CT molecular complexity index is 496. The number of ether oxygens (including phenoxy) is 1. The first-order valence-electron chi connectivity index (χ1n) is 6.89. The molecule has 1 amide bonds. The van der Waals surface area contributed by atoms with Crippen molar-refractivity contribution in [3.8, 4) is 6.07 Å². The van der Waals surface area contributed by atoms with Gasteiger partial charge in [-0.2, -0.15) is 5.26 Å². The Balaban J connectivity index is -0.000000145. The summed E-state index contributed by atoms with van der Waals surface area (Å²) in [7, 11) is 0. The summed E-state index contributed by atoms with van der Waals surface area (Å²) in [5.74, 6) is 0.503. The summed E-state index contributed by atoms with van der Waals surface area (Å²) in [6.45, 7) is 9.50.